The largest absolute Gasteiger partial charge is 0.469 e. The van der Waals surface area contributed by atoms with E-state index in [-0.39, 0.29) is 23.5 Å². The van der Waals surface area contributed by atoms with Gasteiger partial charge in [-0.1, -0.05) is 13.0 Å². The van der Waals surface area contributed by atoms with Crippen LogP contribution in [0.4, 0.5) is 0 Å². The lowest BCUT2D eigenvalue weighted by Crippen LogP contribution is -2.71. The van der Waals surface area contributed by atoms with Gasteiger partial charge in [-0.2, -0.15) is 0 Å². The maximum Gasteiger partial charge on any atom is 0.312 e. The van der Waals surface area contributed by atoms with E-state index in [4.69, 9.17) is 4.74 Å². The van der Waals surface area contributed by atoms with Crippen LogP contribution in [0.25, 0.3) is 0 Å². The third kappa shape index (κ3) is 1.66. The summed E-state index contributed by atoms with van der Waals surface area (Å²) in [5.41, 5.74) is 1.21. The van der Waals surface area contributed by atoms with E-state index in [1.807, 2.05) is 0 Å². The molecule has 0 unspecified atom stereocenters. The first-order valence-electron chi connectivity index (χ1n) is 8.31. The zero-order valence-corrected chi connectivity index (χ0v) is 12.9. The molecular weight excluding hydrogens is 266 g/mol. The zero-order chi connectivity index (χ0) is 14.8. The molecule has 0 aromatic heterocycles. The molecule has 1 N–H and O–H groups in total. The van der Waals surface area contributed by atoms with Crippen molar-refractivity contribution in [1.82, 2.24) is 4.90 Å². The van der Waals surface area contributed by atoms with Crippen molar-refractivity contribution in [2.45, 2.75) is 44.2 Å². The molecular formula is C17H25NO3. The highest BCUT2D eigenvalue weighted by Gasteiger charge is 2.62. The van der Waals surface area contributed by atoms with Gasteiger partial charge in [0.05, 0.1) is 19.1 Å². The number of hydrogen-bond acceptors (Lipinski definition) is 4. The van der Waals surface area contributed by atoms with Crippen LogP contribution in [0, 0.1) is 23.7 Å². The van der Waals surface area contributed by atoms with Crippen LogP contribution in [-0.2, 0) is 9.53 Å². The molecule has 3 aliphatic heterocycles. The van der Waals surface area contributed by atoms with E-state index in [1.54, 1.807) is 0 Å². The first-order chi connectivity index (χ1) is 10.1. The smallest absolute Gasteiger partial charge is 0.312 e. The zero-order valence-electron chi connectivity index (χ0n) is 12.9. The van der Waals surface area contributed by atoms with Gasteiger partial charge < -0.3 is 9.84 Å². The highest BCUT2D eigenvalue weighted by molar-refractivity contribution is 5.77. The molecule has 0 radical (unpaired) electrons. The summed E-state index contributed by atoms with van der Waals surface area (Å²) < 4.78 is 5.03. The van der Waals surface area contributed by atoms with Crippen molar-refractivity contribution in [3.63, 3.8) is 0 Å². The number of carbonyl (C=O) groups excluding carboxylic acids is 1. The molecule has 1 spiro atoms. The summed E-state index contributed by atoms with van der Waals surface area (Å²) in [5.74, 6) is 1.09. The number of ether oxygens (including phenoxy) is 1. The van der Waals surface area contributed by atoms with Gasteiger partial charge in [-0.3, -0.25) is 9.69 Å². The first kappa shape index (κ1) is 13.8. The molecule has 2 bridgehead atoms. The van der Waals surface area contributed by atoms with Crippen LogP contribution in [0.5, 0.6) is 0 Å². The van der Waals surface area contributed by atoms with E-state index >= 15 is 0 Å². The van der Waals surface area contributed by atoms with Crippen molar-refractivity contribution in [2.24, 2.45) is 23.7 Å². The number of methoxy groups -OCH3 is 1. The Morgan fingerprint density at radius 3 is 3.10 bits per heavy atom. The Bertz CT molecular complexity index is 502. The molecule has 3 fully saturated rings. The van der Waals surface area contributed by atoms with Gasteiger partial charge in [0.15, 0.2) is 0 Å². The average Bonchev–Trinajstić information content (AvgIpc) is 2.49. The molecule has 4 heteroatoms. The van der Waals surface area contributed by atoms with Crippen molar-refractivity contribution < 1.29 is 14.6 Å². The number of nitrogens with zero attached hydrogens (tertiary/aromatic N) is 1. The molecule has 0 amide bonds. The molecule has 116 valence electrons. The van der Waals surface area contributed by atoms with Crippen molar-refractivity contribution in [3.8, 4) is 0 Å². The highest BCUT2D eigenvalue weighted by Crippen LogP contribution is 2.59. The van der Waals surface area contributed by atoms with Gasteiger partial charge in [0.25, 0.3) is 0 Å². The van der Waals surface area contributed by atoms with Gasteiger partial charge in [0.1, 0.15) is 0 Å². The Labute approximate surface area is 126 Å². The quantitative estimate of drug-likeness (QED) is 0.589. The molecule has 3 heterocycles. The molecule has 4 nitrogen and oxygen atoms in total. The SMILES string of the molecule is COC(=O)[C@H]1C[C@@H](O)[C@H]2CCCN3C[C@@H]4C=C1[C@]23C[C@@H]4C. The van der Waals surface area contributed by atoms with Crippen molar-refractivity contribution in [2.75, 3.05) is 20.2 Å². The number of rotatable bonds is 1. The summed E-state index contributed by atoms with van der Waals surface area (Å²) in [6, 6.07) is 0. The standard InChI is InChI=1S/C17H25NO3/c1-10-8-17-13-4-3-5-18(17)9-11(10)6-14(17)12(7-15(13)19)16(20)21-2/h6,10-13,15,19H,3-5,7-9H2,1-2H3/t10-,11-,12-,13+,15+,17-/m0/s1. The van der Waals surface area contributed by atoms with Crippen LogP contribution in [0.15, 0.2) is 11.6 Å². The number of piperidine rings is 2. The van der Waals surface area contributed by atoms with Crippen molar-refractivity contribution in [1.29, 1.82) is 0 Å². The van der Waals surface area contributed by atoms with E-state index in [0.717, 1.165) is 25.9 Å². The molecule has 6 atom stereocenters. The number of aliphatic hydroxyl groups excluding tert-OH is 1. The van der Waals surface area contributed by atoms with Crippen LogP contribution >= 0.6 is 0 Å². The fourth-order valence-electron chi connectivity index (χ4n) is 5.72. The van der Waals surface area contributed by atoms with Gasteiger partial charge >= 0.3 is 5.97 Å². The van der Waals surface area contributed by atoms with Gasteiger partial charge in [-0.25, -0.2) is 0 Å². The van der Waals surface area contributed by atoms with Crippen LogP contribution < -0.4 is 0 Å². The third-order valence-corrected chi connectivity index (χ3v) is 6.61. The summed E-state index contributed by atoms with van der Waals surface area (Å²) >= 11 is 0. The van der Waals surface area contributed by atoms with E-state index in [2.05, 4.69) is 17.9 Å². The molecule has 5 rings (SSSR count). The fraction of sp³-hybridized carbons (Fsp3) is 0.824. The fourth-order valence-corrected chi connectivity index (χ4v) is 5.72. The molecule has 0 aromatic rings. The first-order valence-corrected chi connectivity index (χ1v) is 8.31. The topological polar surface area (TPSA) is 49.8 Å². The molecule has 0 aromatic carbocycles. The minimum atomic E-state index is -0.379. The summed E-state index contributed by atoms with van der Waals surface area (Å²) in [6.45, 7) is 4.53. The van der Waals surface area contributed by atoms with Crippen LogP contribution in [0.2, 0.25) is 0 Å². The van der Waals surface area contributed by atoms with Crippen LogP contribution in [0.1, 0.15) is 32.6 Å². The van der Waals surface area contributed by atoms with E-state index in [0.29, 0.717) is 24.2 Å². The summed E-state index contributed by atoms with van der Waals surface area (Å²) in [5, 5.41) is 10.7. The number of aliphatic hydroxyl groups is 1. The maximum atomic E-state index is 12.2. The second kappa shape index (κ2) is 4.56. The molecule has 2 aliphatic carbocycles. The van der Waals surface area contributed by atoms with Gasteiger partial charge in [0, 0.05) is 18.0 Å². The molecule has 21 heavy (non-hydrogen) atoms. The minimum Gasteiger partial charge on any atom is -0.469 e. The highest BCUT2D eigenvalue weighted by atomic mass is 16.5. The Hall–Kier alpha value is -0.870. The second-order valence-corrected chi connectivity index (χ2v) is 7.47. The average molecular weight is 291 g/mol. The lowest BCUT2D eigenvalue weighted by atomic mass is 9.51. The van der Waals surface area contributed by atoms with E-state index in [1.165, 1.54) is 19.1 Å². The Balaban J connectivity index is 1.84. The summed E-state index contributed by atoms with van der Waals surface area (Å²) in [4.78, 5) is 14.8. The Kier molecular flexibility index (Phi) is 2.99. The van der Waals surface area contributed by atoms with Crippen LogP contribution in [-0.4, -0.2) is 47.8 Å². The van der Waals surface area contributed by atoms with Gasteiger partial charge in [-0.05, 0) is 49.6 Å². The second-order valence-electron chi connectivity index (χ2n) is 7.47. The van der Waals surface area contributed by atoms with E-state index < -0.39 is 0 Å². The molecule has 5 aliphatic rings. The Morgan fingerprint density at radius 1 is 1.52 bits per heavy atom. The van der Waals surface area contributed by atoms with Gasteiger partial charge in [0.2, 0.25) is 0 Å². The predicted octanol–water partition coefficient (Wildman–Crippen LogP) is 1.59. The van der Waals surface area contributed by atoms with Crippen molar-refractivity contribution in [3.05, 3.63) is 11.6 Å². The minimum absolute atomic E-state index is 0.0665. The number of hydrogen-bond donors (Lipinski definition) is 1. The molecule has 1 saturated carbocycles. The third-order valence-electron chi connectivity index (χ3n) is 6.61. The number of esters is 1. The number of carbonyl (C=O) groups is 1. The summed E-state index contributed by atoms with van der Waals surface area (Å²) in [7, 11) is 1.46. The normalized spacial score (nSPS) is 48.5. The van der Waals surface area contributed by atoms with Gasteiger partial charge in [-0.15, -0.1) is 0 Å². The monoisotopic (exact) mass is 291 g/mol. The maximum absolute atomic E-state index is 12.2. The Morgan fingerprint density at radius 2 is 2.33 bits per heavy atom. The lowest BCUT2D eigenvalue weighted by Gasteiger charge is -2.65. The van der Waals surface area contributed by atoms with E-state index in [9.17, 15) is 9.90 Å². The molecule has 2 saturated heterocycles. The van der Waals surface area contributed by atoms with Crippen LogP contribution in [0.3, 0.4) is 0 Å². The predicted molar refractivity (Wildman–Crippen MR) is 78.5 cm³/mol. The lowest BCUT2D eigenvalue weighted by molar-refractivity contribution is -0.157. The van der Waals surface area contributed by atoms with Crippen molar-refractivity contribution >= 4 is 5.97 Å². The summed E-state index contributed by atoms with van der Waals surface area (Å²) in [6.07, 6.45) is 5.88. The number of fused-ring (bicyclic) bond motifs is 1.